The van der Waals surface area contributed by atoms with Crippen LogP contribution >= 0.6 is 23.4 Å². The van der Waals surface area contributed by atoms with E-state index in [1.54, 1.807) is 60.3 Å². The summed E-state index contributed by atoms with van der Waals surface area (Å²) in [6.45, 7) is 1.92. The molecule has 1 amide bonds. The maximum absolute atomic E-state index is 12.9. The monoisotopic (exact) mass is 455 g/mol. The van der Waals surface area contributed by atoms with E-state index in [4.69, 9.17) is 16.3 Å². The van der Waals surface area contributed by atoms with Crippen LogP contribution in [0.2, 0.25) is 5.02 Å². The molecule has 158 valence electrons. The molecular formula is C21H18ClN5O3S. The fraction of sp³-hybridized carbons (Fsp3) is 0.143. The van der Waals surface area contributed by atoms with E-state index in [0.29, 0.717) is 27.3 Å². The number of benzene rings is 2. The minimum Gasteiger partial charge on any atom is -0.497 e. The van der Waals surface area contributed by atoms with Crippen LogP contribution in [0.3, 0.4) is 0 Å². The van der Waals surface area contributed by atoms with Crippen molar-refractivity contribution in [2.45, 2.75) is 12.1 Å². The predicted octanol–water partition coefficient (Wildman–Crippen LogP) is 3.58. The molecule has 8 nitrogen and oxygen atoms in total. The topological polar surface area (TPSA) is 90.5 Å². The molecule has 0 unspecified atom stereocenters. The Labute approximate surface area is 186 Å². The Morgan fingerprint density at radius 2 is 2.03 bits per heavy atom. The van der Waals surface area contributed by atoms with E-state index in [-0.39, 0.29) is 22.9 Å². The number of halogens is 1. The zero-order chi connectivity index (χ0) is 22.0. The molecule has 2 aromatic carbocycles. The van der Waals surface area contributed by atoms with Gasteiger partial charge in [-0.25, -0.2) is 0 Å². The second-order valence-corrected chi connectivity index (χ2v) is 8.02. The van der Waals surface area contributed by atoms with Gasteiger partial charge in [-0.05, 0) is 36.8 Å². The number of hydrogen-bond acceptors (Lipinski definition) is 6. The van der Waals surface area contributed by atoms with Gasteiger partial charge in [0.05, 0.1) is 29.3 Å². The predicted molar refractivity (Wildman–Crippen MR) is 121 cm³/mol. The zero-order valence-electron chi connectivity index (χ0n) is 16.7. The molecule has 0 aliphatic carbocycles. The van der Waals surface area contributed by atoms with Crippen LogP contribution in [0.4, 0.5) is 5.69 Å². The maximum Gasteiger partial charge on any atom is 0.300 e. The summed E-state index contributed by atoms with van der Waals surface area (Å²) in [6.07, 6.45) is 3.32. The molecule has 2 aromatic heterocycles. The number of nitrogens with one attached hydrogen (secondary N) is 1. The van der Waals surface area contributed by atoms with E-state index >= 15 is 0 Å². The van der Waals surface area contributed by atoms with E-state index in [2.05, 4.69) is 15.5 Å². The van der Waals surface area contributed by atoms with Crippen LogP contribution < -0.4 is 15.6 Å². The number of hydrogen-bond donors (Lipinski definition) is 1. The van der Waals surface area contributed by atoms with Crippen LogP contribution in [0.1, 0.15) is 5.56 Å². The van der Waals surface area contributed by atoms with Crippen molar-refractivity contribution >= 4 is 40.6 Å². The first-order chi connectivity index (χ1) is 15.0. The Kier molecular flexibility index (Phi) is 5.97. The van der Waals surface area contributed by atoms with Gasteiger partial charge in [-0.1, -0.05) is 35.5 Å². The number of aromatic nitrogens is 4. The number of ether oxygens (including phenoxy) is 1. The number of methoxy groups -OCH3 is 1. The number of rotatable bonds is 6. The van der Waals surface area contributed by atoms with Gasteiger partial charge in [-0.2, -0.15) is 0 Å². The number of carbonyl (C=O) groups is 1. The lowest BCUT2D eigenvalue weighted by Crippen LogP contribution is -2.20. The number of nitrogens with zero attached hydrogens (tertiary/aromatic N) is 4. The van der Waals surface area contributed by atoms with Gasteiger partial charge >= 0.3 is 5.56 Å². The Hall–Kier alpha value is -3.30. The van der Waals surface area contributed by atoms with Crippen molar-refractivity contribution in [1.82, 2.24) is 19.2 Å². The van der Waals surface area contributed by atoms with Gasteiger partial charge in [-0.3, -0.25) is 18.6 Å². The van der Waals surface area contributed by atoms with Crippen molar-refractivity contribution in [3.63, 3.8) is 0 Å². The van der Waals surface area contributed by atoms with Gasteiger partial charge in [0, 0.05) is 18.5 Å². The lowest BCUT2D eigenvalue weighted by Gasteiger charge is -2.08. The summed E-state index contributed by atoms with van der Waals surface area (Å²) >= 11 is 7.34. The molecule has 0 atom stereocenters. The lowest BCUT2D eigenvalue weighted by molar-refractivity contribution is -0.113. The molecule has 31 heavy (non-hydrogen) atoms. The highest BCUT2D eigenvalue weighted by Gasteiger charge is 2.14. The fourth-order valence-electron chi connectivity index (χ4n) is 2.97. The van der Waals surface area contributed by atoms with Crippen LogP contribution in [0.5, 0.6) is 5.75 Å². The standard InChI is InChI=1S/C21H18ClN5O3S/c1-13-6-7-17(16(22)10-13)23-18(28)12-31-21-25-24-19-20(29)26(8-9-27(19)21)14-4-3-5-15(11-14)30-2/h3-11H,12H2,1-2H3,(H,23,28). The summed E-state index contributed by atoms with van der Waals surface area (Å²) in [6, 6.07) is 12.6. The highest BCUT2D eigenvalue weighted by atomic mass is 35.5. The number of anilines is 1. The summed E-state index contributed by atoms with van der Waals surface area (Å²) < 4.78 is 8.25. The van der Waals surface area contributed by atoms with Gasteiger partial charge in [0.1, 0.15) is 5.75 Å². The van der Waals surface area contributed by atoms with Gasteiger partial charge in [0.25, 0.3) is 0 Å². The number of thioether (sulfide) groups is 1. The van der Waals surface area contributed by atoms with Crippen molar-refractivity contribution in [3.8, 4) is 11.4 Å². The van der Waals surface area contributed by atoms with Crippen LogP contribution in [0, 0.1) is 6.92 Å². The summed E-state index contributed by atoms with van der Waals surface area (Å²) in [5.74, 6) is 0.489. The Balaban J connectivity index is 1.52. The summed E-state index contributed by atoms with van der Waals surface area (Å²) in [7, 11) is 1.57. The van der Waals surface area contributed by atoms with E-state index in [9.17, 15) is 9.59 Å². The van der Waals surface area contributed by atoms with Crippen molar-refractivity contribution in [1.29, 1.82) is 0 Å². The quantitative estimate of drug-likeness (QED) is 0.447. The second-order valence-electron chi connectivity index (χ2n) is 6.67. The van der Waals surface area contributed by atoms with Crippen LogP contribution in [-0.4, -0.2) is 37.9 Å². The van der Waals surface area contributed by atoms with Crippen molar-refractivity contribution < 1.29 is 9.53 Å². The first-order valence-corrected chi connectivity index (χ1v) is 10.6. The molecule has 0 aliphatic rings. The average Bonchev–Trinajstić information content (AvgIpc) is 3.18. The van der Waals surface area contributed by atoms with E-state index in [0.717, 1.165) is 5.56 Å². The van der Waals surface area contributed by atoms with E-state index in [1.807, 2.05) is 13.0 Å². The molecule has 0 spiro atoms. The maximum atomic E-state index is 12.9. The molecular weight excluding hydrogens is 438 g/mol. The molecule has 0 fully saturated rings. The van der Waals surface area contributed by atoms with E-state index in [1.165, 1.54) is 16.3 Å². The molecule has 10 heteroatoms. The molecule has 4 rings (SSSR count). The van der Waals surface area contributed by atoms with Gasteiger partial charge in [0.2, 0.25) is 11.6 Å². The number of amides is 1. The van der Waals surface area contributed by atoms with E-state index < -0.39 is 0 Å². The molecule has 0 aliphatic heterocycles. The molecule has 0 bridgehead atoms. The smallest absolute Gasteiger partial charge is 0.300 e. The highest BCUT2D eigenvalue weighted by Crippen LogP contribution is 2.23. The van der Waals surface area contributed by atoms with Crippen LogP contribution in [0.25, 0.3) is 11.3 Å². The summed E-state index contributed by atoms with van der Waals surface area (Å²) in [5, 5.41) is 11.8. The van der Waals surface area contributed by atoms with Crippen molar-refractivity contribution in [3.05, 3.63) is 75.8 Å². The fourth-order valence-corrected chi connectivity index (χ4v) is 3.97. The zero-order valence-corrected chi connectivity index (χ0v) is 18.3. The summed E-state index contributed by atoms with van der Waals surface area (Å²) in [4.78, 5) is 25.2. The highest BCUT2D eigenvalue weighted by molar-refractivity contribution is 7.99. The normalized spacial score (nSPS) is 10.9. The molecule has 2 heterocycles. The number of carbonyl (C=O) groups excluding carboxylic acids is 1. The van der Waals surface area contributed by atoms with Crippen LogP contribution in [0.15, 0.2) is 64.8 Å². The first kappa shape index (κ1) is 21.0. The third kappa shape index (κ3) is 4.42. The molecule has 1 N–H and O–H groups in total. The van der Waals surface area contributed by atoms with Crippen LogP contribution in [-0.2, 0) is 4.79 Å². The second kappa shape index (κ2) is 8.83. The van der Waals surface area contributed by atoms with Gasteiger partial charge < -0.3 is 10.1 Å². The van der Waals surface area contributed by atoms with Crippen molar-refractivity contribution in [2.24, 2.45) is 0 Å². The molecule has 0 saturated carbocycles. The molecule has 0 radical (unpaired) electrons. The third-order valence-corrected chi connectivity index (χ3v) is 5.76. The largest absolute Gasteiger partial charge is 0.497 e. The van der Waals surface area contributed by atoms with Gasteiger partial charge in [-0.15, -0.1) is 10.2 Å². The Morgan fingerprint density at radius 1 is 1.19 bits per heavy atom. The Bertz CT molecular complexity index is 1330. The number of fused-ring (bicyclic) bond motifs is 1. The average molecular weight is 456 g/mol. The van der Waals surface area contributed by atoms with Gasteiger partial charge in [0.15, 0.2) is 5.16 Å². The van der Waals surface area contributed by atoms with Crippen molar-refractivity contribution in [2.75, 3.05) is 18.2 Å². The first-order valence-electron chi connectivity index (χ1n) is 9.26. The third-order valence-electron chi connectivity index (χ3n) is 4.50. The summed E-state index contributed by atoms with van der Waals surface area (Å²) in [5.41, 5.74) is 2.04. The minimum atomic E-state index is -0.328. The minimum absolute atomic E-state index is 0.0873. The number of aryl methyl sites for hydroxylation is 1. The lowest BCUT2D eigenvalue weighted by atomic mass is 10.2. The Morgan fingerprint density at radius 3 is 2.81 bits per heavy atom. The molecule has 4 aromatic rings. The SMILES string of the molecule is COc1cccc(-n2ccn3c(SCC(=O)Nc4ccc(C)cc4Cl)nnc3c2=O)c1. The molecule has 0 saturated heterocycles.